The van der Waals surface area contributed by atoms with Crippen molar-refractivity contribution in [2.24, 2.45) is 0 Å². The summed E-state index contributed by atoms with van der Waals surface area (Å²) in [7, 11) is 0. The van der Waals surface area contributed by atoms with E-state index in [0.29, 0.717) is 11.5 Å². The van der Waals surface area contributed by atoms with Gasteiger partial charge in [-0.1, -0.05) is 22.0 Å². The van der Waals surface area contributed by atoms with Crippen LogP contribution in [0.5, 0.6) is 0 Å². The molecule has 3 aliphatic heterocycles. The van der Waals surface area contributed by atoms with E-state index in [0.717, 1.165) is 52.7 Å². The van der Waals surface area contributed by atoms with Crippen LogP contribution >= 0.6 is 15.9 Å². The van der Waals surface area contributed by atoms with Gasteiger partial charge in [-0.25, -0.2) is 4.79 Å². The molecule has 1 fully saturated rings. The van der Waals surface area contributed by atoms with E-state index in [1.807, 2.05) is 18.2 Å². The first-order valence-electron chi connectivity index (χ1n) is 6.76. The molecule has 2 bridgehead atoms. The number of piperidine rings is 1. The van der Waals surface area contributed by atoms with Gasteiger partial charge < -0.3 is 10.0 Å². The van der Waals surface area contributed by atoms with Crippen LogP contribution in [0.3, 0.4) is 0 Å². The summed E-state index contributed by atoms with van der Waals surface area (Å²) in [6.45, 7) is 1.89. The lowest BCUT2D eigenvalue weighted by Crippen LogP contribution is -2.40. The molecule has 1 saturated heterocycles. The van der Waals surface area contributed by atoms with Gasteiger partial charge >= 0.3 is 5.97 Å². The van der Waals surface area contributed by atoms with E-state index in [9.17, 15) is 9.90 Å². The minimum absolute atomic E-state index is 0.413. The number of hydrogen-bond acceptors (Lipinski definition) is 3. The summed E-state index contributed by atoms with van der Waals surface area (Å²) in [6.07, 6.45) is 2.16. The van der Waals surface area contributed by atoms with Gasteiger partial charge in [-0.3, -0.25) is 4.98 Å². The Morgan fingerprint density at radius 2 is 2.10 bits per heavy atom. The van der Waals surface area contributed by atoms with E-state index in [1.165, 1.54) is 0 Å². The Balaban J connectivity index is 2.13. The van der Waals surface area contributed by atoms with E-state index in [-0.39, 0.29) is 0 Å². The van der Waals surface area contributed by atoms with Crippen molar-refractivity contribution in [2.75, 3.05) is 18.0 Å². The molecule has 1 N–H and O–H groups in total. The van der Waals surface area contributed by atoms with E-state index >= 15 is 0 Å². The molecule has 0 aliphatic carbocycles. The molecule has 0 amide bonds. The lowest BCUT2D eigenvalue weighted by Gasteiger charge is -2.42. The number of carbonyl (C=O) groups is 1. The predicted octanol–water partition coefficient (Wildman–Crippen LogP) is 3.39. The molecule has 5 heteroatoms. The van der Waals surface area contributed by atoms with Gasteiger partial charge in [0.15, 0.2) is 0 Å². The fourth-order valence-corrected chi connectivity index (χ4v) is 3.79. The summed E-state index contributed by atoms with van der Waals surface area (Å²) in [5, 5.41) is 10.4. The molecule has 102 valence electrons. The number of nitrogens with zero attached hydrogens (tertiary/aromatic N) is 2. The average Bonchev–Trinajstić information content (AvgIpc) is 2.45. The highest BCUT2D eigenvalue weighted by Crippen LogP contribution is 2.45. The van der Waals surface area contributed by atoms with Crippen LogP contribution in [-0.2, 0) is 0 Å². The van der Waals surface area contributed by atoms with Crippen LogP contribution in [0.2, 0.25) is 0 Å². The van der Waals surface area contributed by atoms with Crippen molar-refractivity contribution in [2.45, 2.75) is 18.8 Å². The highest BCUT2D eigenvalue weighted by atomic mass is 79.9. The monoisotopic (exact) mass is 332 g/mol. The van der Waals surface area contributed by atoms with Gasteiger partial charge in [0.05, 0.1) is 22.5 Å². The van der Waals surface area contributed by atoms with E-state index < -0.39 is 5.97 Å². The SMILES string of the molecule is O=C(O)c1c2c(nc3cc(Br)ccc13)C1CCN2CC1. The Hall–Kier alpha value is -1.62. The Morgan fingerprint density at radius 3 is 2.80 bits per heavy atom. The molecular formula is C15H13BrN2O2. The second-order valence-electron chi connectivity index (χ2n) is 5.45. The van der Waals surface area contributed by atoms with Gasteiger partial charge in [0, 0.05) is 28.9 Å². The van der Waals surface area contributed by atoms with Gasteiger partial charge in [0.1, 0.15) is 0 Å². The fourth-order valence-electron chi connectivity index (χ4n) is 3.44. The normalized spacial score (nSPS) is 17.6. The molecule has 0 radical (unpaired) electrons. The largest absolute Gasteiger partial charge is 0.478 e. The lowest BCUT2D eigenvalue weighted by atomic mass is 9.84. The van der Waals surface area contributed by atoms with Gasteiger partial charge in [-0.2, -0.15) is 0 Å². The van der Waals surface area contributed by atoms with Gasteiger partial charge in [-0.15, -0.1) is 0 Å². The third kappa shape index (κ3) is 1.59. The second kappa shape index (κ2) is 4.19. The zero-order chi connectivity index (χ0) is 13.9. The molecule has 4 nitrogen and oxygen atoms in total. The van der Waals surface area contributed by atoms with Crippen LogP contribution in [-0.4, -0.2) is 29.1 Å². The standard InChI is InChI=1S/C15H13BrN2O2/c16-9-1-2-10-11(7-9)17-13-8-3-5-18(6-4-8)14(13)12(10)15(19)20/h1-2,7-8H,3-6H2,(H,19,20). The van der Waals surface area contributed by atoms with Gasteiger partial charge in [0.25, 0.3) is 0 Å². The molecule has 4 heterocycles. The number of halogens is 1. The first-order chi connectivity index (χ1) is 9.65. The van der Waals surface area contributed by atoms with Gasteiger partial charge in [0.2, 0.25) is 0 Å². The number of benzene rings is 1. The summed E-state index contributed by atoms with van der Waals surface area (Å²) in [6, 6.07) is 5.62. The topological polar surface area (TPSA) is 53.4 Å². The van der Waals surface area contributed by atoms with Crippen LogP contribution in [0.25, 0.3) is 10.9 Å². The summed E-state index contributed by atoms with van der Waals surface area (Å²) in [4.78, 5) is 18.7. The number of carboxylic acid groups (broad SMARTS) is 1. The maximum absolute atomic E-state index is 11.8. The third-order valence-electron chi connectivity index (χ3n) is 4.36. The van der Waals surface area contributed by atoms with Crippen molar-refractivity contribution in [3.8, 4) is 0 Å². The van der Waals surface area contributed by atoms with Crippen molar-refractivity contribution in [3.05, 3.63) is 33.9 Å². The summed E-state index contributed by atoms with van der Waals surface area (Å²) >= 11 is 3.43. The number of carboxylic acids is 1. The van der Waals surface area contributed by atoms with Crippen molar-refractivity contribution in [1.82, 2.24) is 4.98 Å². The van der Waals surface area contributed by atoms with E-state index in [2.05, 4.69) is 20.8 Å². The Bertz CT molecular complexity index is 736. The highest BCUT2D eigenvalue weighted by Gasteiger charge is 2.36. The number of fused-ring (bicyclic) bond motifs is 3. The number of aromatic carboxylic acids is 1. The Morgan fingerprint density at radius 1 is 1.35 bits per heavy atom. The fraction of sp³-hybridized carbons (Fsp3) is 0.333. The molecule has 0 unspecified atom stereocenters. The van der Waals surface area contributed by atoms with E-state index in [4.69, 9.17) is 4.98 Å². The van der Waals surface area contributed by atoms with Crippen LogP contribution < -0.4 is 4.90 Å². The number of rotatable bonds is 1. The zero-order valence-corrected chi connectivity index (χ0v) is 12.4. The minimum atomic E-state index is -0.858. The minimum Gasteiger partial charge on any atom is -0.478 e. The first kappa shape index (κ1) is 12.1. The van der Waals surface area contributed by atoms with Crippen LogP contribution in [0, 0.1) is 0 Å². The maximum Gasteiger partial charge on any atom is 0.338 e. The molecule has 20 heavy (non-hydrogen) atoms. The summed E-state index contributed by atoms with van der Waals surface area (Å²) in [5.74, 6) is -0.444. The summed E-state index contributed by atoms with van der Waals surface area (Å²) < 4.78 is 0.926. The predicted molar refractivity (Wildman–Crippen MR) is 80.6 cm³/mol. The third-order valence-corrected chi connectivity index (χ3v) is 4.85. The molecule has 1 aromatic heterocycles. The first-order valence-corrected chi connectivity index (χ1v) is 7.56. The van der Waals surface area contributed by atoms with Crippen LogP contribution in [0.1, 0.15) is 34.8 Å². The Kier molecular flexibility index (Phi) is 2.54. The maximum atomic E-state index is 11.8. The van der Waals surface area contributed by atoms with Crippen molar-refractivity contribution >= 4 is 38.5 Å². The molecule has 5 rings (SSSR count). The highest BCUT2D eigenvalue weighted by molar-refractivity contribution is 9.10. The number of anilines is 1. The average molecular weight is 333 g/mol. The molecule has 0 saturated carbocycles. The van der Waals surface area contributed by atoms with Crippen LogP contribution in [0.15, 0.2) is 22.7 Å². The smallest absolute Gasteiger partial charge is 0.338 e. The van der Waals surface area contributed by atoms with Crippen LogP contribution in [0.4, 0.5) is 5.69 Å². The number of hydrogen-bond donors (Lipinski definition) is 1. The summed E-state index contributed by atoms with van der Waals surface area (Å²) in [5.41, 5.74) is 3.02. The van der Waals surface area contributed by atoms with E-state index in [1.54, 1.807) is 0 Å². The molecule has 2 aromatic rings. The van der Waals surface area contributed by atoms with Crippen molar-refractivity contribution < 1.29 is 9.90 Å². The Labute approximate surface area is 124 Å². The lowest BCUT2D eigenvalue weighted by molar-refractivity contribution is 0.0699. The molecule has 1 aromatic carbocycles. The number of pyridine rings is 1. The quantitative estimate of drug-likeness (QED) is 0.869. The molecular weight excluding hydrogens is 320 g/mol. The molecule has 3 aliphatic rings. The molecule has 0 spiro atoms. The second-order valence-corrected chi connectivity index (χ2v) is 6.36. The number of aromatic nitrogens is 1. The van der Waals surface area contributed by atoms with Crippen molar-refractivity contribution in [3.63, 3.8) is 0 Å². The zero-order valence-electron chi connectivity index (χ0n) is 10.8. The van der Waals surface area contributed by atoms with Crippen molar-refractivity contribution in [1.29, 1.82) is 0 Å². The molecule has 0 atom stereocenters. The van der Waals surface area contributed by atoms with Gasteiger partial charge in [-0.05, 0) is 25.0 Å².